The van der Waals surface area contributed by atoms with Crippen molar-refractivity contribution in [2.24, 2.45) is 0 Å². The molecule has 1 heterocycles. The monoisotopic (exact) mass is 375 g/mol. The number of hydrogen-bond acceptors (Lipinski definition) is 3. The van der Waals surface area contributed by atoms with Gasteiger partial charge >= 0.3 is 0 Å². The van der Waals surface area contributed by atoms with Crippen LogP contribution in [0.2, 0.25) is 5.02 Å². The molecule has 0 saturated heterocycles. The molecule has 0 radical (unpaired) electrons. The van der Waals surface area contributed by atoms with Crippen LogP contribution in [-0.2, 0) is 4.79 Å². The summed E-state index contributed by atoms with van der Waals surface area (Å²) in [6.45, 7) is 6.16. The molecule has 0 bridgehead atoms. The molecule has 3 nitrogen and oxygen atoms in total. The van der Waals surface area contributed by atoms with Gasteiger partial charge in [-0.2, -0.15) is 0 Å². The molecule has 132 valence electrons. The minimum absolute atomic E-state index is 0.0232. The van der Waals surface area contributed by atoms with E-state index in [0.717, 1.165) is 28.2 Å². The van der Waals surface area contributed by atoms with Crippen LogP contribution in [-0.4, -0.2) is 17.3 Å². The van der Waals surface area contributed by atoms with Crippen molar-refractivity contribution in [3.8, 4) is 5.75 Å². The van der Waals surface area contributed by atoms with Crippen LogP contribution >= 0.6 is 23.4 Å². The molecule has 5 heteroatoms. The average Bonchev–Trinajstić information content (AvgIpc) is 2.54. The van der Waals surface area contributed by atoms with Gasteiger partial charge in [0.05, 0.1) is 11.8 Å². The van der Waals surface area contributed by atoms with Crippen molar-refractivity contribution in [1.82, 2.24) is 5.32 Å². The summed E-state index contributed by atoms with van der Waals surface area (Å²) in [6.07, 6.45) is 0.751. The molecule has 1 amide bonds. The van der Waals surface area contributed by atoms with Crippen molar-refractivity contribution < 1.29 is 9.53 Å². The third-order valence-electron chi connectivity index (χ3n) is 4.14. The zero-order valence-electron chi connectivity index (χ0n) is 14.6. The predicted octanol–water partition coefficient (Wildman–Crippen LogP) is 5.16. The molecule has 0 saturated carbocycles. The van der Waals surface area contributed by atoms with Crippen LogP contribution in [0.1, 0.15) is 37.4 Å². The molecule has 2 aromatic carbocycles. The number of fused-ring (bicyclic) bond motifs is 1. The minimum Gasteiger partial charge on any atom is -0.487 e. The van der Waals surface area contributed by atoms with Crippen molar-refractivity contribution in [2.45, 2.75) is 43.7 Å². The number of carbonyl (C=O) groups excluding carboxylic acids is 1. The van der Waals surface area contributed by atoms with E-state index in [1.165, 1.54) is 11.8 Å². The highest BCUT2D eigenvalue weighted by Gasteiger charge is 2.34. The van der Waals surface area contributed by atoms with Crippen molar-refractivity contribution in [2.75, 3.05) is 5.75 Å². The predicted molar refractivity (Wildman–Crippen MR) is 104 cm³/mol. The Morgan fingerprint density at radius 1 is 1.28 bits per heavy atom. The molecule has 0 spiro atoms. The number of halogens is 1. The highest BCUT2D eigenvalue weighted by Crippen LogP contribution is 2.39. The van der Waals surface area contributed by atoms with E-state index in [4.69, 9.17) is 16.3 Å². The first-order chi connectivity index (χ1) is 11.8. The van der Waals surface area contributed by atoms with E-state index in [0.29, 0.717) is 10.8 Å². The molecule has 3 rings (SSSR count). The largest absolute Gasteiger partial charge is 0.487 e. The summed E-state index contributed by atoms with van der Waals surface area (Å²) >= 11 is 7.40. The van der Waals surface area contributed by atoms with Gasteiger partial charge in [-0.25, -0.2) is 0 Å². The van der Waals surface area contributed by atoms with Gasteiger partial charge in [0, 0.05) is 21.9 Å². The lowest BCUT2D eigenvalue weighted by atomic mass is 9.89. The van der Waals surface area contributed by atoms with Crippen LogP contribution in [0.5, 0.6) is 5.75 Å². The maximum absolute atomic E-state index is 12.5. The van der Waals surface area contributed by atoms with Crippen LogP contribution in [0.25, 0.3) is 0 Å². The van der Waals surface area contributed by atoms with Gasteiger partial charge in [-0.3, -0.25) is 4.79 Å². The van der Waals surface area contributed by atoms with Crippen molar-refractivity contribution in [3.05, 3.63) is 58.6 Å². The van der Waals surface area contributed by atoms with E-state index in [1.54, 1.807) is 0 Å². The highest BCUT2D eigenvalue weighted by molar-refractivity contribution is 8.00. The van der Waals surface area contributed by atoms with Gasteiger partial charge in [0.25, 0.3) is 0 Å². The minimum atomic E-state index is -0.302. The van der Waals surface area contributed by atoms with Gasteiger partial charge in [0.15, 0.2) is 0 Å². The fraction of sp³-hybridized carbons (Fsp3) is 0.350. The third-order valence-corrected chi connectivity index (χ3v) is 5.41. The molecule has 1 N–H and O–H groups in total. The quantitative estimate of drug-likeness (QED) is 0.750. The summed E-state index contributed by atoms with van der Waals surface area (Å²) in [6, 6.07) is 13.6. The average molecular weight is 376 g/mol. The fourth-order valence-corrected chi connectivity index (χ4v) is 3.85. The Bertz CT molecular complexity index is 774. The molecule has 25 heavy (non-hydrogen) atoms. The Morgan fingerprint density at radius 2 is 2.00 bits per heavy atom. The van der Waals surface area contributed by atoms with Crippen LogP contribution in [0.15, 0.2) is 47.4 Å². The smallest absolute Gasteiger partial charge is 0.230 e. The molecular weight excluding hydrogens is 354 g/mol. The van der Waals surface area contributed by atoms with Gasteiger partial charge < -0.3 is 10.1 Å². The molecule has 1 unspecified atom stereocenters. The van der Waals surface area contributed by atoms with Crippen molar-refractivity contribution in [3.63, 3.8) is 0 Å². The van der Waals surface area contributed by atoms with Gasteiger partial charge in [0.2, 0.25) is 5.91 Å². The Morgan fingerprint density at radius 3 is 2.72 bits per heavy atom. The Hall–Kier alpha value is -1.65. The third kappa shape index (κ3) is 4.71. The first kappa shape index (κ1) is 18.2. The van der Waals surface area contributed by atoms with Gasteiger partial charge in [-0.1, -0.05) is 29.3 Å². The van der Waals surface area contributed by atoms with Crippen molar-refractivity contribution in [1.29, 1.82) is 0 Å². The normalized spacial score (nSPS) is 18.2. The molecule has 0 aromatic heterocycles. The van der Waals surface area contributed by atoms with E-state index in [1.807, 2.05) is 36.4 Å². The van der Waals surface area contributed by atoms with Gasteiger partial charge in [-0.15, -0.1) is 11.8 Å². The standard InChI is InChI=1S/C20H22ClNO2S/c1-13-4-9-18-16(10-13)17(11-20(2,3)24-18)22-19(23)12-25-15-7-5-14(21)6-8-15/h4-10,17H,11-12H2,1-3H3,(H,22,23). The Kier molecular flexibility index (Phi) is 5.30. The molecular formula is C20H22ClNO2S. The summed E-state index contributed by atoms with van der Waals surface area (Å²) in [5.41, 5.74) is 1.92. The zero-order valence-corrected chi connectivity index (χ0v) is 16.2. The number of rotatable bonds is 4. The molecule has 0 aliphatic carbocycles. The number of amides is 1. The van der Waals surface area contributed by atoms with Gasteiger partial charge in [0.1, 0.15) is 11.4 Å². The summed E-state index contributed by atoms with van der Waals surface area (Å²) in [5.74, 6) is 1.26. The van der Waals surface area contributed by atoms with E-state index >= 15 is 0 Å². The summed E-state index contributed by atoms with van der Waals surface area (Å²) in [4.78, 5) is 13.5. The highest BCUT2D eigenvalue weighted by atomic mass is 35.5. The zero-order chi connectivity index (χ0) is 18.0. The lowest BCUT2D eigenvalue weighted by Crippen LogP contribution is -2.41. The Balaban J connectivity index is 1.68. The fourth-order valence-electron chi connectivity index (χ4n) is 3.02. The Labute approximate surface area is 158 Å². The topological polar surface area (TPSA) is 38.3 Å². The SMILES string of the molecule is Cc1ccc2c(c1)C(NC(=O)CSc1ccc(Cl)cc1)CC(C)(C)O2. The lowest BCUT2D eigenvalue weighted by molar-refractivity contribution is -0.119. The first-order valence-electron chi connectivity index (χ1n) is 8.30. The molecule has 1 atom stereocenters. The summed E-state index contributed by atoms with van der Waals surface area (Å²) < 4.78 is 6.06. The van der Waals surface area contributed by atoms with Crippen LogP contribution < -0.4 is 10.1 Å². The van der Waals surface area contributed by atoms with E-state index in [9.17, 15) is 4.79 Å². The van der Waals surface area contributed by atoms with Crippen LogP contribution in [0, 0.1) is 6.92 Å². The number of aryl methyl sites for hydroxylation is 1. The van der Waals surface area contributed by atoms with E-state index < -0.39 is 0 Å². The second-order valence-corrected chi connectivity index (χ2v) is 8.46. The van der Waals surface area contributed by atoms with Gasteiger partial charge in [-0.05, 0) is 51.1 Å². The number of nitrogens with one attached hydrogen (secondary N) is 1. The molecule has 2 aromatic rings. The number of hydrogen-bond donors (Lipinski definition) is 1. The van der Waals surface area contributed by atoms with Crippen LogP contribution in [0.3, 0.4) is 0 Å². The molecule has 1 aliphatic heterocycles. The first-order valence-corrected chi connectivity index (χ1v) is 9.66. The molecule has 0 fully saturated rings. The maximum Gasteiger partial charge on any atom is 0.230 e. The van der Waals surface area contributed by atoms with Crippen LogP contribution in [0.4, 0.5) is 0 Å². The number of benzene rings is 2. The lowest BCUT2D eigenvalue weighted by Gasteiger charge is -2.38. The summed E-state index contributed by atoms with van der Waals surface area (Å²) in [5, 5.41) is 3.87. The number of ether oxygens (including phenoxy) is 1. The maximum atomic E-state index is 12.5. The van der Waals surface area contributed by atoms with E-state index in [-0.39, 0.29) is 17.6 Å². The summed E-state index contributed by atoms with van der Waals surface area (Å²) in [7, 11) is 0. The van der Waals surface area contributed by atoms with Crippen molar-refractivity contribution >= 4 is 29.3 Å². The second-order valence-electron chi connectivity index (χ2n) is 6.97. The molecule has 1 aliphatic rings. The number of carbonyl (C=O) groups is 1. The van der Waals surface area contributed by atoms with E-state index in [2.05, 4.69) is 32.2 Å². The number of thioether (sulfide) groups is 1. The second kappa shape index (κ2) is 7.30.